The zero-order valence-electron chi connectivity index (χ0n) is 18.7. The topological polar surface area (TPSA) is 82.6 Å². The first kappa shape index (κ1) is 22.0. The number of aromatic nitrogens is 1. The maximum absolute atomic E-state index is 13.3. The van der Waals surface area contributed by atoms with Crippen LogP contribution < -0.4 is 4.74 Å². The van der Waals surface area contributed by atoms with E-state index in [1.165, 1.54) is 11.3 Å². The molecule has 1 atom stereocenters. The van der Waals surface area contributed by atoms with Crippen LogP contribution in [0.5, 0.6) is 5.75 Å². The molecule has 0 saturated carbocycles. The van der Waals surface area contributed by atoms with Crippen LogP contribution in [0.2, 0.25) is 0 Å². The van der Waals surface area contributed by atoms with E-state index in [4.69, 9.17) is 4.74 Å². The minimum atomic E-state index is -0.594. The van der Waals surface area contributed by atoms with Gasteiger partial charge < -0.3 is 19.7 Å². The molecular weight excluding hydrogens is 448 g/mol. The van der Waals surface area contributed by atoms with Crippen LogP contribution in [-0.2, 0) is 22.4 Å². The van der Waals surface area contributed by atoms with E-state index in [2.05, 4.69) is 4.98 Å². The third-order valence-corrected chi connectivity index (χ3v) is 7.15. The number of hydrogen-bond acceptors (Lipinski definition) is 5. The molecule has 6 nitrogen and oxygen atoms in total. The lowest BCUT2D eigenvalue weighted by Gasteiger charge is -2.25. The molecule has 0 saturated heterocycles. The summed E-state index contributed by atoms with van der Waals surface area (Å²) >= 11 is 1.47. The second kappa shape index (κ2) is 9.19. The number of aliphatic hydroxyl groups excluding tert-OH is 1. The molecule has 0 aliphatic carbocycles. The number of H-pyrrole nitrogens is 1. The molecule has 1 aliphatic heterocycles. The summed E-state index contributed by atoms with van der Waals surface area (Å²) in [5, 5.41) is 13.7. The number of Topliss-reactive ketones (excluding diaryl/α,β-unsaturated/α-hetero) is 1. The van der Waals surface area contributed by atoms with Gasteiger partial charge in [-0.05, 0) is 47.2 Å². The van der Waals surface area contributed by atoms with Gasteiger partial charge in [0.15, 0.2) is 11.5 Å². The fourth-order valence-corrected chi connectivity index (χ4v) is 5.37. The molecule has 2 aromatic carbocycles. The summed E-state index contributed by atoms with van der Waals surface area (Å²) in [6.07, 6.45) is 2.62. The van der Waals surface area contributed by atoms with E-state index in [0.717, 1.165) is 32.7 Å². The summed E-state index contributed by atoms with van der Waals surface area (Å²) in [5.74, 6) is -0.433. The molecule has 34 heavy (non-hydrogen) atoms. The van der Waals surface area contributed by atoms with Crippen molar-refractivity contribution in [1.29, 1.82) is 0 Å². The van der Waals surface area contributed by atoms with Crippen molar-refractivity contribution in [3.63, 3.8) is 0 Å². The zero-order valence-corrected chi connectivity index (χ0v) is 19.5. The Kier molecular flexibility index (Phi) is 5.94. The summed E-state index contributed by atoms with van der Waals surface area (Å²) in [6.45, 7) is 0.359. The number of aliphatic hydroxyl groups is 1. The maximum Gasteiger partial charge on any atom is 0.290 e. The fourth-order valence-electron chi connectivity index (χ4n) is 4.52. The van der Waals surface area contributed by atoms with Crippen molar-refractivity contribution in [3.05, 3.63) is 99.6 Å². The number of amides is 1. The lowest BCUT2D eigenvalue weighted by molar-refractivity contribution is -0.129. The van der Waals surface area contributed by atoms with Gasteiger partial charge in [0, 0.05) is 34.9 Å². The summed E-state index contributed by atoms with van der Waals surface area (Å²) in [7, 11) is 1.63. The Labute approximate surface area is 201 Å². The summed E-state index contributed by atoms with van der Waals surface area (Å²) in [6, 6.07) is 18.4. The molecule has 1 amide bonds. The molecule has 1 aliphatic rings. The van der Waals surface area contributed by atoms with E-state index in [1.807, 2.05) is 72.2 Å². The molecule has 4 aromatic rings. The monoisotopic (exact) mass is 472 g/mol. The Morgan fingerprint density at radius 2 is 1.97 bits per heavy atom. The number of hydrogen-bond donors (Lipinski definition) is 2. The van der Waals surface area contributed by atoms with Gasteiger partial charge in [0.05, 0.1) is 18.7 Å². The zero-order chi connectivity index (χ0) is 23.7. The SMILES string of the molecule is COc1ccc2[nH]cc(CCN3C(=O)C(O)=C(C(=O)Cc4ccccc4)C3c3cccs3)c2c1. The van der Waals surface area contributed by atoms with E-state index in [9.17, 15) is 14.7 Å². The van der Waals surface area contributed by atoms with Crippen LogP contribution in [0.25, 0.3) is 10.9 Å². The minimum Gasteiger partial charge on any atom is -0.503 e. The Balaban J connectivity index is 1.43. The number of methoxy groups -OCH3 is 1. The van der Waals surface area contributed by atoms with Gasteiger partial charge in [-0.2, -0.15) is 0 Å². The predicted molar refractivity (Wildman–Crippen MR) is 132 cm³/mol. The van der Waals surface area contributed by atoms with Crippen molar-refractivity contribution >= 4 is 33.9 Å². The van der Waals surface area contributed by atoms with Gasteiger partial charge in [-0.25, -0.2) is 0 Å². The molecule has 0 fully saturated rings. The number of aromatic amines is 1. The van der Waals surface area contributed by atoms with Gasteiger partial charge in [-0.15, -0.1) is 11.3 Å². The van der Waals surface area contributed by atoms with Crippen molar-refractivity contribution in [2.24, 2.45) is 0 Å². The molecule has 2 N–H and O–H groups in total. The minimum absolute atomic E-state index is 0.130. The van der Waals surface area contributed by atoms with E-state index in [-0.39, 0.29) is 17.8 Å². The molecule has 1 unspecified atom stereocenters. The number of nitrogens with zero attached hydrogens (tertiary/aromatic N) is 1. The van der Waals surface area contributed by atoms with Crippen LogP contribution in [0.15, 0.2) is 83.6 Å². The van der Waals surface area contributed by atoms with Crippen molar-refractivity contribution in [3.8, 4) is 5.75 Å². The lowest BCUT2D eigenvalue weighted by Crippen LogP contribution is -2.32. The second-order valence-corrected chi connectivity index (χ2v) is 9.22. The Morgan fingerprint density at radius 3 is 2.71 bits per heavy atom. The Hall–Kier alpha value is -3.84. The lowest BCUT2D eigenvalue weighted by atomic mass is 9.97. The molecule has 5 rings (SSSR count). The number of fused-ring (bicyclic) bond motifs is 1. The largest absolute Gasteiger partial charge is 0.503 e. The van der Waals surface area contributed by atoms with Gasteiger partial charge in [0.1, 0.15) is 5.75 Å². The van der Waals surface area contributed by atoms with Crippen LogP contribution in [0.1, 0.15) is 22.0 Å². The van der Waals surface area contributed by atoms with Crippen LogP contribution in [0.3, 0.4) is 0 Å². The van der Waals surface area contributed by atoms with Gasteiger partial charge in [0.2, 0.25) is 0 Å². The number of nitrogens with one attached hydrogen (secondary N) is 1. The van der Waals surface area contributed by atoms with Crippen LogP contribution in [-0.4, -0.2) is 40.3 Å². The van der Waals surface area contributed by atoms with Gasteiger partial charge >= 0.3 is 0 Å². The second-order valence-electron chi connectivity index (χ2n) is 8.24. The van der Waals surface area contributed by atoms with E-state index in [0.29, 0.717) is 13.0 Å². The van der Waals surface area contributed by atoms with Gasteiger partial charge in [-0.1, -0.05) is 36.4 Å². The summed E-state index contributed by atoms with van der Waals surface area (Å²) in [4.78, 5) is 32.2. The highest BCUT2D eigenvalue weighted by Gasteiger charge is 2.43. The number of ketones is 1. The number of thiophene rings is 1. The van der Waals surface area contributed by atoms with Crippen molar-refractivity contribution in [1.82, 2.24) is 9.88 Å². The number of ether oxygens (including phenoxy) is 1. The highest BCUT2D eigenvalue weighted by atomic mass is 32.1. The Bertz CT molecular complexity index is 1370. The van der Waals surface area contributed by atoms with E-state index in [1.54, 1.807) is 12.0 Å². The van der Waals surface area contributed by atoms with Crippen LogP contribution >= 0.6 is 11.3 Å². The van der Waals surface area contributed by atoms with Crippen LogP contribution in [0.4, 0.5) is 0 Å². The number of rotatable bonds is 8. The number of benzene rings is 2. The molecule has 0 bridgehead atoms. The average molecular weight is 473 g/mol. The molecular formula is C27H24N2O4S. The normalized spacial score (nSPS) is 16.0. The first-order valence-corrected chi connectivity index (χ1v) is 11.9. The third-order valence-electron chi connectivity index (χ3n) is 6.22. The number of carbonyl (C=O) groups excluding carboxylic acids is 2. The van der Waals surface area contributed by atoms with E-state index < -0.39 is 17.7 Å². The van der Waals surface area contributed by atoms with E-state index >= 15 is 0 Å². The van der Waals surface area contributed by atoms with Crippen LogP contribution in [0, 0.1) is 0 Å². The first-order chi connectivity index (χ1) is 16.6. The summed E-state index contributed by atoms with van der Waals surface area (Å²) < 4.78 is 5.36. The third kappa shape index (κ3) is 3.99. The predicted octanol–water partition coefficient (Wildman–Crippen LogP) is 4.99. The first-order valence-electron chi connectivity index (χ1n) is 11.1. The molecule has 2 aromatic heterocycles. The summed E-state index contributed by atoms with van der Waals surface area (Å²) in [5.41, 5.74) is 3.04. The molecule has 0 radical (unpaired) electrons. The van der Waals surface area contributed by atoms with Gasteiger partial charge in [-0.3, -0.25) is 9.59 Å². The quantitative estimate of drug-likeness (QED) is 0.379. The fraction of sp³-hybridized carbons (Fsp3) is 0.185. The molecule has 0 spiro atoms. The maximum atomic E-state index is 13.3. The molecule has 7 heteroatoms. The van der Waals surface area contributed by atoms with Crippen molar-refractivity contribution < 1.29 is 19.4 Å². The van der Waals surface area contributed by atoms with Crippen molar-refractivity contribution in [2.75, 3.05) is 13.7 Å². The molecule has 172 valence electrons. The Morgan fingerprint density at radius 1 is 1.15 bits per heavy atom. The highest BCUT2D eigenvalue weighted by Crippen LogP contribution is 2.40. The molecule has 3 heterocycles. The highest BCUT2D eigenvalue weighted by molar-refractivity contribution is 7.10. The van der Waals surface area contributed by atoms with Crippen molar-refractivity contribution in [2.45, 2.75) is 18.9 Å². The average Bonchev–Trinajstić information content (AvgIpc) is 3.58. The smallest absolute Gasteiger partial charge is 0.290 e. The number of carbonyl (C=O) groups is 2. The van der Waals surface area contributed by atoms with Gasteiger partial charge in [0.25, 0.3) is 5.91 Å². The standard InChI is InChI=1S/C27H24N2O4S/c1-33-19-9-10-21-20(15-19)18(16-28-21)11-12-29-25(23-8-5-13-34-23)24(26(31)27(29)32)22(30)14-17-6-3-2-4-7-17/h2-10,13,15-16,25,28,31H,11-12,14H2,1H3.